The van der Waals surface area contributed by atoms with Gasteiger partial charge in [-0.05, 0) is 42.7 Å². The molecule has 1 heteroatoms. The summed E-state index contributed by atoms with van der Waals surface area (Å²) < 4.78 is 0. The van der Waals surface area contributed by atoms with Crippen LogP contribution in [0.15, 0.2) is 24.3 Å². The van der Waals surface area contributed by atoms with E-state index >= 15 is 0 Å². The minimum absolute atomic E-state index is 0.0514. The molecule has 0 bridgehead atoms. The van der Waals surface area contributed by atoms with Gasteiger partial charge in [0.25, 0.3) is 0 Å². The number of nitrogens with two attached hydrogens (primary N) is 1. The van der Waals surface area contributed by atoms with Crippen LogP contribution < -0.4 is 5.73 Å². The van der Waals surface area contributed by atoms with Gasteiger partial charge in [0.2, 0.25) is 0 Å². The van der Waals surface area contributed by atoms with Gasteiger partial charge in [0, 0.05) is 5.54 Å². The maximum atomic E-state index is 6.49. The zero-order valence-electron chi connectivity index (χ0n) is 10.5. The largest absolute Gasteiger partial charge is 0.321 e. The van der Waals surface area contributed by atoms with Gasteiger partial charge in [0.05, 0.1) is 0 Å². The predicted octanol–water partition coefficient (Wildman–Crippen LogP) is 3.61. The molecule has 0 heterocycles. The molecule has 1 aliphatic carbocycles. The van der Waals surface area contributed by atoms with Gasteiger partial charge in [0.1, 0.15) is 0 Å². The van der Waals surface area contributed by atoms with Crippen LogP contribution >= 0.6 is 0 Å². The van der Waals surface area contributed by atoms with Crippen LogP contribution in [0.25, 0.3) is 0 Å². The van der Waals surface area contributed by atoms with Gasteiger partial charge in [0.15, 0.2) is 0 Å². The van der Waals surface area contributed by atoms with Crippen molar-refractivity contribution in [2.24, 2.45) is 11.7 Å². The van der Waals surface area contributed by atoms with Crippen molar-refractivity contribution in [2.45, 2.75) is 51.5 Å². The summed E-state index contributed by atoms with van der Waals surface area (Å²) in [7, 11) is 0. The van der Waals surface area contributed by atoms with Gasteiger partial charge < -0.3 is 5.73 Å². The van der Waals surface area contributed by atoms with Crippen molar-refractivity contribution in [2.75, 3.05) is 0 Å². The van der Waals surface area contributed by atoms with Gasteiger partial charge in [-0.1, -0.05) is 44.5 Å². The first-order chi connectivity index (χ1) is 7.64. The van der Waals surface area contributed by atoms with E-state index in [1.54, 1.807) is 0 Å². The van der Waals surface area contributed by atoms with E-state index in [0.717, 1.165) is 18.8 Å². The van der Waals surface area contributed by atoms with Crippen LogP contribution in [-0.4, -0.2) is 0 Å². The molecule has 0 radical (unpaired) electrons. The minimum atomic E-state index is -0.0514. The second-order valence-electron chi connectivity index (χ2n) is 5.45. The van der Waals surface area contributed by atoms with E-state index in [1.807, 2.05) is 0 Å². The molecule has 0 aliphatic heterocycles. The molecule has 1 aliphatic rings. The summed E-state index contributed by atoms with van der Waals surface area (Å²) in [5.41, 5.74) is 9.21. The van der Waals surface area contributed by atoms with E-state index in [1.165, 1.54) is 30.4 Å². The van der Waals surface area contributed by atoms with Gasteiger partial charge in [-0.3, -0.25) is 0 Å². The van der Waals surface area contributed by atoms with Crippen molar-refractivity contribution in [3.63, 3.8) is 0 Å². The Hall–Kier alpha value is -0.820. The van der Waals surface area contributed by atoms with Crippen molar-refractivity contribution in [3.8, 4) is 0 Å². The molecular weight excluding hydrogens is 194 g/mol. The van der Waals surface area contributed by atoms with E-state index in [2.05, 4.69) is 38.1 Å². The highest BCUT2D eigenvalue weighted by atomic mass is 14.8. The van der Waals surface area contributed by atoms with Crippen molar-refractivity contribution >= 4 is 0 Å². The first kappa shape index (κ1) is 11.7. The van der Waals surface area contributed by atoms with Crippen LogP contribution in [0.1, 0.15) is 50.7 Å². The second kappa shape index (κ2) is 4.58. The van der Waals surface area contributed by atoms with E-state index in [9.17, 15) is 0 Å². The SMILES string of the molecule is CCCc1ccc(C2(N)CCC(C)C2)cc1. The van der Waals surface area contributed by atoms with Gasteiger partial charge >= 0.3 is 0 Å². The lowest BCUT2D eigenvalue weighted by molar-refractivity contribution is 0.440. The molecule has 1 saturated carbocycles. The number of aryl methyl sites for hydroxylation is 1. The lowest BCUT2D eigenvalue weighted by Gasteiger charge is -2.25. The Bertz CT molecular complexity index is 341. The van der Waals surface area contributed by atoms with Crippen LogP contribution in [0.2, 0.25) is 0 Å². The summed E-state index contributed by atoms with van der Waals surface area (Å²) in [5.74, 6) is 0.778. The van der Waals surface area contributed by atoms with Crippen LogP contribution in [0, 0.1) is 5.92 Å². The summed E-state index contributed by atoms with van der Waals surface area (Å²) in [5, 5.41) is 0. The molecule has 2 unspecified atom stereocenters. The molecule has 2 N–H and O–H groups in total. The average molecular weight is 217 g/mol. The molecule has 2 atom stereocenters. The van der Waals surface area contributed by atoms with E-state index in [0.29, 0.717) is 0 Å². The average Bonchev–Trinajstić information content (AvgIpc) is 2.61. The predicted molar refractivity (Wildman–Crippen MR) is 69.3 cm³/mol. The Kier molecular flexibility index (Phi) is 3.34. The third-order valence-corrected chi connectivity index (χ3v) is 3.86. The molecule has 1 nitrogen and oxygen atoms in total. The monoisotopic (exact) mass is 217 g/mol. The Morgan fingerprint density at radius 2 is 2.00 bits per heavy atom. The van der Waals surface area contributed by atoms with Crippen molar-refractivity contribution in [1.29, 1.82) is 0 Å². The molecule has 0 saturated heterocycles. The Labute approximate surface area is 99.0 Å². The molecule has 0 amide bonds. The summed E-state index contributed by atoms with van der Waals surface area (Å²) in [4.78, 5) is 0. The second-order valence-corrected chi connectivity index (χ2v) is 5.45. The number of rotatable bonds is 3. The van der Waals surface area contributed by atoms with Crippen molar-refractivity contribution in [3.05, 3.63) is 35.4 Å². The Balaban J connectivity index is 2.15. The molecule has 2 rings (SSSR count). The third-order valence-electron chi connectivity index (χ3n) is 3.86. The number of hydrogen-bond donors (Lipinski definition) is 1. The highest BCUT2D eigenvalue weighted by molar-refractivity contribution is 5.29. The molecule has 1 aromatic carbocycles. The molecule has 88 valence electrons. The summed E-state index contributed by atoms with van der Waals surface area (Å²) in [6.07, 6.45) is 5.94. The fourth-order valence-corrected chi connectivity index (χ4v) is 2.88. The fourth-order valence-electron chi connectivity index (χ4n) is 2.88. The summed E-state index contributed by atoms with van der Waals surface area (Å²) >= 11 is 0. The summed E-state index contributed by atoms with van der Waals surface area (Å²) in [6.45, 7) is 4.52. The van der Waals surface area contributed by atoms with Crippen LogP contribution in [0.3, 0.4) is 0 Å². The van der Waals surface area contributed by atoms with Crippen LogP contribution in [-0.2, 0) is 12.0 Å². The highest BCUT2D eigenvalue weighted by Crippen LogP contribution is 2.39. The zero-order valence-corrected chi connectivity index (χ0v) is 10.5. The quantitative estimate of drug-likeness (QED) is 0.822. The smallest absolute Gasteiger partial charge is 0.0412 e. The van der Waals surface area contributed by atoms with Crippen LogP contribution in [0.4, 0.5) is 0 Å². The maximum Gasteiger partial charge on any atom is 0.0412 e. The maximum absolute atomic E-state index is 6.49. The zero-order chi connectivity index (χ0) is 11.6. The molecule has 0 spiro atoms. The molecule has 16 heavy (non-hydrogen) atoms. The van der Waals surface area contributed by atoms with Crippen molar-refractivity contribution in [1.82, 2.24) is 0 Å². The lowest BCUT2D eigenvalue weighted by atomic mass is 9.88. The Morgan fingerprint density at radius 1 is 1.31 bits per heavy atom. The molecule has 1 fully saturated rings. The topological polar surface area (TPSA) is 26.0 Å². The van der Waals surface area contributed by atoms with Gasteiger partial charge in [-0.25, -0.2) is 0 Å². The first-order valence-corrected chi connectivity index (χ1v) is 6.52. The lowest BCUT2D eigenvalue weighted by Crippen LogP contribution is -2.33. The molecule has 1 aromatic rings. The van der Waals surface area contributed by atoms with Crippen LogP contribution in [0.5, 0.6) is 0 Å². The standard InChI is InChI=1S/C15H23N/c1-3-4-13-5-7-14(8-6-13)15(16)10-9-12(2)11-15/h5-8,12H,3-4,9-11,16H2,1-2H3. The third kappa shape index (κ3) is 2.30. The number of benzene rings is 1. The summed E-state index contributed by atoms with van der Waals surface area (Å²) in [6, 6.07) is 8.97. The normalized spacial score (nSPS) is 29.6. The van der Waals surface area contributed by atoms with Gasteiger partial charge in [-0.2, -0.15) is 0 Å². The number of hydrogen-bond acceptors (Lipinski definition) is 1. The van der Waals surface area contributed by atoms with Gasteiger partial charge in [-0.15, -0.1) is 0 Å². The first-order valence-electron chi connectivity index (χ1n) is 6.52. The fraction of sp³-hybridized carbons (Fsp3) is 0.600. The molecular formula is C15H23N. The van der Waals surface area contributed by atoms with E-state index in [4.69, 9.17) is 5.73 Å². The highest BCUT2D eigenvalue weighted by Gasteiger charge is 2.34. The Morgan fingerprint density at radius 3 is 2.50 bits per heavy atom. The van der Waals surface area contributed by atoms with E-state index < -0.39 is 0 Å². The minimum Gasteiger partial charge on any atom is -0.321 e. The van der Waals surface area contributed by atoms with Crippen molar-refractivity contribution < 1.29 is 0 Å². The molecule has 0 aromatic heterocycles. The van der Waals surface area contributed by atoms with E-state index in [-0.39, 0.29) is 5.54 Å².